The Hall–Kier alpha value is -1.93. The molecule has 0 aromatic carbocycles. The summed E-state index contributed by atoms with van der Waals surface area (Å²) in [7, 11) is 0. The van der Waals surface area contributed by atoms with Crippen molar-refractivity contribution in [3.8, 4) is 0 Å². The van der Waals surface area contributed by atoms with Gasteiger partial charge in [-0.1, -0.05) is 0 Å². The maximum atomic E-state index is 12.2. The van der Waals surface area contributed by atoms with Crippen LogP contribution in [0.3, 0.4) is 0 Å². The summed E-state index contributed by atoms with van der Waals surface area (Å²) in [6.07, 6.45) is 0.399. The molecule has 2 rings (SSSR count). The van der Waals surface area contributed by atoms with Crippen molar-refractivity contribution in [1.82, 2.24) is 15.1 Å². The minimum absolute atomic E-state index is 0.134. The second kappa shape index (κ2) is 4.98. The Morgan fingerprint density at radius 1 is 1.47 bits per heavy atom. The maximum Gasteiger partial charge on any atom is 0.280 e. The zero-order valence-electron chi connectivity index (χ0n) is 10.7. The summed E-state index contributed by atoms with van der Waals surface area (Å²) in [6.45, 7) is 3.81. The van der Waals surface area contributed by atoms with Gasteiger partial charge in [0.25, 0.3) is 5.56 Å². The monoisotopic (exact) mass is 281 g/mol. The molecule has 1 amide bonds. The third-order valence-corrected chi connectivity index (χ3v) is 4.15. The lowest BCUT2D eigenvalue weighted by Crippen LogP contribution is -2.34. The molecule has 102 valence electrons. The number of carbonyl (C=O) groups excluding carboxylic acids is 1. The van der Waals surface area contributed by atoms with Crippen LogP contribution in [-0.2, 0) is 11.2 Å². The Bertz CT molecular complexity index is 703. The van der Waals surface area contributed by atoms with Crippen LogP contribution in [0.25, 0.3) is 10.2 Å². The van der Waals surface area contributed by atoms with Crippen molar-refractivity contribution < 1.29 is 4.79 Å². The minimum atomic E-state index is -0.326. The predicted octanol–water partition coefficient (Wildman–Crippen LogP) is -0.289. The molecule has 2 aromatic heterocycles. The number of nitrogen functional groups attached to an aromatic ring is 1. The highest BCUT2D eigenvalue weighted by atomic mass is 32.1. The number of amides is 1. The van der Waals surface area contributed by atoms with E-state index in [1.54, 1.807) is 0 Å². The Morgan fingerprint density at radius 3 is 2.79 bits per heavy atom. The lowest BCUT2D eigenvalue weighted by Gasteiger charge is -2.06. The molecule has 8 heteroatoms. The van der Waals surface area contributed by atoms with Gasteiger partial charge in [-0.15, -0.1) is 11.3 Å². The summed E-state index contributed by atoms with van der Waals surface area (Å²) < 4.78 is 1.01. The number of fused-ring (bicyclic) bond motifs is 1. The van der Waals surface area contributed by atoms with E-state index in [-0.39, 0.29) is 24.3 Å². The summed E-state index contributed by atoms with van der Waals surface area (Å²) in [4.78, 5) is 29.3. The summed E-state index contributed by atoms with van der Waals surface area (Å²) in [5.41, 5.74) is 2.65. The molecule has 0 spiro atoms. The fourth-order valence-electron chi connectivity index (χ4n) is 1.82. The van der Waals surface area contributed by atoms with Gasteiger partial charge in [0, 0.05) is 17.7 Å². The van der Waals surface area contributed by atoms with Gasteiger partial charge in [0.05, 0.1) is 5.39 Å². The zero-order chi connectivity index (χ0) is 14.2. The molecule has 0 radical (unpaired) electrons. The molecular formula is C11H15N5O2S. The van der Waals surface area contributed by atoms with Gasteiger partial charge in [-0.3, -0.25) is 15.0 Å². The standard InChI is InChI=1S/C11H15N5O2S/c1-5-6(2)19-10-9(5)11(18)16(13)7(14-10)3-4-8(17)15-12/h3-4,12-13H2,1-2H3,(H,15,17). The zero-order valence-corrected chi connectivity index (χ0v) is 11.5. The van der Waals surface area contributed by atoms with E-state index in [0.29, 0.717) is 16.0 Å². The first-order chi connectivity index (χ1) is 8.95. The molecule has 0 saturated heterocycles. The molecule has 5 N–H and O–H groups in total. The minimum Gasteiger partial charge on any atom is -0.335 e. The van der Waals surface area contributed by atoms with E-state index in [4.69, 9.17) is 11.7 Å². The van der Waals surface area contributed by atoms with E-state index in [1.165, 1.54) is 11.3 Å². The van der Waals surface area contributed by atoms with Crippen LogP contribution >= 0.6 is 11.3 Å². The predicted molar refractivity (Wildman–Crippen MR) is 74.2 cm³/mol. The number of hydrogen-bond donors (Lipinski definition) is 3. The van der Waals surface area contributed by atoms with E-state index in [0.717, 1.165) is 15.1 Å². The van der Waals surface area contributed by atoms with E-state index in [2.05, 4.69) is 4.98 Å². The molecule has 0 bridgehead atoms. The first-order valence-electron chi connectivity index (χ1n) is 5.71. The normalized spacial score (nSPS) is 10.9. The van der Waals surface area contributed by atoms with E-state index >= 15 is 0 Å². The van der Waals surface area contributed by atoms with Crippen molar-refractivity contribution in [2.24, 2.45) is 5.84 Å². The van der Waals surface area contributed by atoms with Gasteiger partial charge in [-0.05, 0) is 19.4 Å². The molecule has 2 aromatic rings. The fourth-order valence-corrected chi connectivity index (χ4v) is 2.86. The Kier molecular flexibility index (Phi) is 3.54. The SMILES string of the molecule is Cc1sc2nc(CCC(=O)NN)n(N)c(=O)c2c1C. The summed E-state index contributed by atoms with van der Waals surface area (Å²) in [5.74, 6) is 10.8. The smallest absolute Gasteiger partial charge is 0.280 e. The molecule has 7 nitrogen and oxygen atoms in total. The second-order valence-electron chi connectivity index (χ2n) is 4.23. The van der Waals surface area contributed by atoms with Crippen molar-refractivity contribution in [3.63, 3.8) is 0 Å². The molecule has 0 aliphatic carbocycles. The molecule has 0 saturated carbocycles. The molecule has 0 unspecified atom stereocenters. The molecule has 0 aliphatic heterocycles. The molecule has 0 aliphatic rings. The number of carbonyl (C=O) groups is 1. The molecule has 0 atom stereocenters. The number of nitrogens with two attached hydrogens (primary N) is 2. The highest BCUT2D eigenvalue weighted by Gasteiger charge is 2.15. The van der Waals surface area contributed by atoms with Gasteiger partial charge in [0.2, 0.25) is 5.91 Å². The first kappa shape index (κ1) is 13.5. The number of aryl methyl sites for hydroxylation is 3. The lowest BCUT2D eigenvalue weighted by molar-refractivity contribution is -0.121. The van der Waals surface area contributed by atoms with E-state index in [1.807, 2.05) is 19.3 Å². The second-order valence-corrected chi connectivity index (χ2v) is 5.44. The Labute approximate surface area is 113 Å². The van der Waals surface area contributed by atoms with Crippen LogP contribution in [0, 0.1) is 13.8 Å². The quantitative estimate of drug-likeness (QED) is 0.406. The van der Waals surface area contributed by atoms with Crippen LogP contribution in [0.1, 0.15) is 22.7 Å². The summed E-state index contributed by atoms with van der Waals surface area (Å²) in [6, 6.07) is 0. The fraction of sp³-hybridized carbons (Fsp3) is 0.364. The number of nitrogens with zero attached hydrogens (tertiary/aromatic N) is 2. The van der Waals surface area contributed by atoms with Gasteiger partial charge >= 0.3 is 0 Å². The molecule has 19 heavy (non-hydrogen) atoms. The molecule has 2 heterocycles. The van der Waals surface area contributed by atoms with Crippen LogP contribution in [-0.4, -0.2) is 15.6 Å². The van der Waals surface area contributed by atoms with Crippen molar-refractivity contribution >= 4 is 27.5 Å². The van der Waals surface area contributed by atoms with E-state index < -0.39 is 0 Å². The van der Waals surface area contributed by atoms with Gasteiger partial charge < -0.3 is 5.84 Å². The van der Waals surface area contributed by atoms with Crippen LogP contribution in [0.2, 0.25) is 0 Å². The number of thiophene rings is 1. The van der Waals surface area contributed by atoms with Crippen LogP contribution in [0.4, 0.5) is 0 Å². The van der Waals surface area contributed by atoms with Gasteiger partial charge in [0.15, 0.2) is 0 Å². The topological polar surface area (TPSA) is 116 Å². The highest BCUT2D eigenvalue weighted by molar-refractivity contribution is 7.18. The molecule has 0 fully saturated rings. The van der Waals surface area contributed by atoms with Crippen molar-refractivity contribution in [2.75, 3.05) is 5.84 Å². The highest BCUT2D eigenvalue weighted by Crippen LogP contribution is 2.25. The largest absolute Gasteiger partial charge is 0.335 e. The van der Waals surface area contributed by atoms with Gasteiger partial charge in [-0.25, -0.2) is 15.5 Å². The maximum absolute atomic E-state index is 12.2. The summed E-state index contributed by atoms with van der Waals surface area (Å²) >= 11 is 1.45. The van der Waals surface area contributed by atoms with Crippen LogP contribution in [0.15, 0.2) is 4.79 Å². The average Bonchev–Trinajstić information content (AvgIpc) is 2.67. The third-order valence-electron chi connectivity index (χ3n) is 3.04. The Morgan fingerprint density at radius 2 is 2.16 bits per heavy atom. The van der Waals surface area contributed by atoms with Crippen LogP contribution in [0.5, 0.6) is 0 Å². The van der Waals surface area contributed by atoms with E-state index in [9.17, 15) is 9.59 Å². The number of nitrogens with one attached hydrogen (secondary N) is 1. The van der Waals surface area contributed by atoms with Crippen molar-refractivity contribution in [2.45, 2.75) is 26.7 Å². The number of hydrogen-bond acceptors (Lipinski definition) is 6. The van der Waals surface area contributed by atoms with Crippen molar-refractivity contribution in [1.29, 1.82) is 0 Å². The number of rotatable bonds is 3. The van der Waals surface area contributed by atoms with Crippen molar-refractivity contribution in [3.05, 3.63) is 26.6 Å². The van der Waals surface area contributed by atoms with Gasteiger partial charge in [0.1, 0.15) is 10.7 Å². The van der Waals surface area contributed by atoms with Crippen LogP contribution < -0.4 is 22.7 Å². The summed E-state index contributed by atoms with van der Waals surface area (Å²) in [5, 5.41) is 0.553. The van der Waals surface area contributed by atoms with Gasteiger partial charge in [-0.2, -0.15) is 0 Å². The molecular weight excluding hydrogens is 266 g/mol. The average molecular weight is 281 g/mol. The number of aromatic nitrogens is 2. The number of hydrazine groups is 1. The Balaban J connectivity index is 2.49. The lowest BCUT2D eigenvalue weighted by atomic mass is 10.2. The first-order valence-corrected chi connectivity index (χ1v) is 6.53. The third kappa shape index (κ3) is 2.32.